The predicted molar refractivity (Wildman–Crippen MR) is 80.7 cm³/mol. The largest absolute Gasteiger partial charge is 0.353 e. The Balaban J connectivity index is 1.44. The Kier molecular flexibility index (Phi) is 4.78. The monoisotopic (exact) mass is 293 g/mol. The first-order valence-electron chi connectivity index (χ1n) is 8.50. The summed E-state index contributed by atoms with van der Waals surface area (Å²) >= 11 is 0. The van der Waals surface area contributed by atoms with Crippen molar-refractivity contribution in [1.82, 2.24) is 15.5 Å². The first-order chi connectivity index (χ1) is 10.2. The second-order valence-electron chi connectivity index (χ2n) is 6.85. The van der Waals surface area contributed by atoms with Gasteiger partial charge in [0.05, 0.1) is 0 Å². The molecule has 3 aliphatic heterocycles. The van der Waals surface area contributed by atoms with Gasteiger partial charge < -0.3 is 15.5 Å². The number of fused-ring (bicyclic) bond motifs is 1. The third-order valence-electron chi connectivity index (χ3n) is 5.34. The molecule has 3 rings (SSSR count). The van der Waals surface area contributed by atoms with Gasteiger partial charge in [0.1, 0.15) is 0 Å². The fourth-order valence-electron chi connectivity index (χ4n) is 3.99. The summed E-state index contributed by atoms with van der Waals surface area (Å²) in [6.07, 6.45) is 6.70. The number of amides is 2. The van der Waals surface area contributed by atoms with E-state index in [9.17, 15) is 9.59 Å². The van der Waals surface area contributed by atoms with Crippen LogP contribution in [0, 0.1) is 11.8 Å². The summed E-state index contributed by atoms with van der Waals surface area (Å²) in [6, 6.07) is 0.304. The SMILES string of the molecule is O=C1CCC2CN(C(=O)CCC3CCCNC3)CCC2N1. The van der Waals surface area contributed by atoms with Crippen molar-refractivity contribution in [2.75, 3.05) is 26.2 Å². The second-order valence-corrected chi connectivity index (χ2v) is 6.85. The van der Waals surface area contributed by atoms with Crippen molar-refractivity contribution in [3.05, 3.63) is 0 Å². The summed E-state index contributed by atoms with van der Waals surface area (Å²) in [5, 5.41) is 6.49. The van der Waals surface area contributed by atoms with E-state index in [1.807, 2.05) is 4.90 Å². The summed E-state index contributed by atoms with van der Waals surface area (Å²) in [5.74, 6) is 1.64. The number of hydrogen-bond donors (Lipinski definition) is 2. The van der Waals surface area contributed by atoms with E-state index in [0.717, 1.165) is 45.4 Å². The maximum absolute atomic E-state index is 12.4. The third-order valence-corrected chi connectivity index (χ3v) is 5.34. The van der Waals surface area contributed by atoms with Crippen molar-refractivity contribution in [1.29, 1.82) is 0 Å². The van der Waals surface area contributed by atoms with Crippen molar-refractivity contribution >= 4 is 11.8 Å². The standard InChI is InChI=1S/C16H27N3O2/c20-15-5-4-13-11-19(9-7-14(13)18-15)16(21)6-3-12-2-1-8-17-10-12/h12-14,17H,1-11H2,(H,18,20). The fourth-order valence-corrected chi connectivity index (χ4v) is 3.99. The van der Waals surface area contributed by atoms with E-state index in [1.54, 1.807) is 0 Å². The Morgan fingerprint density at radius 3 is 3.00 bits per heavy atom. The van der Waals surface area contributed by atoms with Gasteiger partial charge in [-0.1, -0.05) is 0 Å². The maximum atomic E-state index is 12.4. The van der Waals surface area contributed by atoms with Crippen LogP contribution in [0.4, 0.5) is 0 Å². The molecule has 0 aromatic heterocycles. The number of nitrogens with zero attached hydrogens (tertiary/aromatic N) is 1. The summed E-state index contributed by atoms with van der Waals surface area (Å²) in [6.45, 7) is 3.85. The molecular formula is C16H27N3O2. The zero-order valence-corrected chi connectivity index (χ0v) is 12.8. The van der Waals surface area contributed by atoms with Gasteiger partial charge in [0, 0.05) is 32.0 Å². The molecule has 5 heteroatoms. The molecule has 0 bridgehead atoms. The fraction of sp³-hybridized carbons (Fsp3) is 0.875. The molecule has 3 atom stereocenters. The molecule has 0 aromatic rings. The van der Waals surface area contributed by atoms with Gasteiger partial charge in [-0.2, -0.15) is 0 Å². The highest BCUT2D eigenvalue weighted by molar-refractivity contribution is 5.78. The Bertz CT molecular complexity index is 393. The number of carbonyl (C=O) groups is 2. The molecule has 0 spiro atoms. The van der Waals surface area contributed by atoms with Gasteiger partial charge in [0.15, 0.2) is 0 Å². The molecule has 0 aromatic carbocycles. The van der Waals surface area contributed by atoms with Crippen LogP contribution in [0.3, 0.4) is 0 Å². The molecular weight excluding hydrogens is 266 g/mol. The maximum Gasteiger partial charge on any atom is 0.222 e. The highest BCUT2D eigenvalue weighted by Crippen LogP contribution is 2.26. The van der Waals surface area contributed by atoms with Crippen LogP contribution in [0.15, 0.2) is 0 Å². The van der Waals surface area contributed by atoms with Crippen LogP contribution in [0.5, 0.6) is 0 Å². The number of carbonyl (C=O) groups excluding carboxylic acids is 2. The van der Waals surface area contributed by atoms with Crippen LogP contribution < -0.4 is 10.6 Å². The van der Waals surface area contributed by atoms with Crippen molar-refractivity contribution in [3.63, 3.8) is 0 Å². The van der Waals surface area contributed by atoms with Gasteiger partial charge >= 0.3 is 0 Å². The Morgan fingerprint density at radius 2 is 2.19 bits per heavy atom. The number of likely N-dealkylation sites (tertiary alicyclic amines) is 1. The van der Waals surface area contributed by atoms with Crippen molar-refractivity contribution in [2.45, 2.75) is 51.0 Å². The van der Waals surface area contributed by atoms with Crippen molar-refractivity contribution in [3.8, 4) is 0 Å². The van der Waals surface area contributed by atoms with Gasteiger partial charge in [-0.05, 0) is 57.0 Å². The molecule has 2 amide bonds. The number of nitrogens with one attached hydrogen (secondary N) is 2. The van der Waals surface area contributed by atoms with Crippen LogP contribution in [0.1, 0.15) is 44.9 Å². The Morgan fingerprint density at radius 1 is 1.29 bits per heavy atom. The van der Waals surface area contributed by atoms with Gasteiger partial charge in [0.2, 0.25) is 11.8 Å². The van der Waals surface area contributed by atoms with Crippen LogP contribution >= 0.6 is 0 Å². The quantitative estimate of drug-likeness (QED) is 0.812. The van der Waals surface area contributed by atoms with E-state index in [4.69, 9.17) is 0 Å². The molecule has 21 heavy (non-hydrogen) atoms. The van der Waals surface area contributed by atoms with Gasteiger partial charge in [-0.3, -0.25) is 9.59 Å². The minimum absolute atomic E-state index is 0.181. The first-order valence-corrected chi connectivity index (χ1v) is 8.50. The second kappa shape index (κ2) is 6.77. The van der Waals surface area contributed by atoms with Gasteiger partial charge in [-0.15, -0.1) is 0 Å². The van der Waals surface area contributed by atoms with Crippen LogP contribution in [0.25, 0.3) is 0 Å². The number of rotatable bonds is 3. The molecule has 5 nitrogen and oxygen atoms in total. The smallest absolute Gasteiger partial charge is 0.222 e. The number of piperidine rings is 3. The van der Waals surface area contributed by atoms with Gasteiger partial charge in [0.25, 0.3) is 0 Å². The lowest BCUT2D eigenvalue weighted by molar-refractivity contribution is -0.135. The normalized spacial score (nSPS) is 33.2. The lowest BCUT2D eigenvalue weighted by Crippen LogP contribution is -2.55. The molecule has 2 N–H and O–H groups in total. The molecule has 3 unspecified atom stereocenters. The molecule has 3 heterocycles. The molecule has 3 saturated heterocycles. The topological polar surface area (TPSA) is 61.4 Å². The van der Waals surface area contributed by atoms with E-state index in [0.29, 0.717) is 36.6 Å². The predicted octanol–water partition coefficient (Wildman–Crippen LogP) is 0.893. The number of hydrogen-bond acceptors (Lipinski definition) is 3. The Labute approximate surface area is 126 Å². The highest BCUT2D eigenvalue weighted by atomic mass is 16.2. The molecule has 118 valence electrons. The molecule has 0 aliphatic carbocycles. The van der Waals surface area contributed by atoms with Crippen LogP contribution in [-0.2, 0) is 9.59 Å². The van der Waals surface area contributed by atoms with Crippen LogP contribution in [-0.4, -0.2) is 48.9 Å². The summed E-state index contributed by atoms with van der Waals surface area (Å²) in [5.41, 5.74) is 0. The molecule has 3 aliphatic rings. The zero-order chi connectivity index (χ0) is 14.7. The van der Waals surface area contributed by atoms with E-state index in [2.05, 4.69) is 10.6 Å². The van der Waals surface area contributed by atoms with Gasteiger partial charge in [-0.25, -0.2) is 0 Å². The van der Waals surface area contributed by atoms with E-state index in [1.165, 1.54) is 12.8 Å². The summed E-state index contributed by atoms with van der Waals surface area (Å²) in [7, 11) is 0. The van der Waals surface area contributed by atoms with E-state index >= 15 is 0 Å². The van der Waals surface area contributed by atoms with Crippen molar-refractivity contribution in [2.24, 2.45) is 11.8 Å². The average molecular weight is 293 g/mol. The lowest BCUT2D eigenvalue weighted by Gasteiger charge is -2.41. The minimum atomic E-state index is 0.181. The molecule has 0 saturated carbocycles. The summed E-state index contributed by atoms with van der Waals surface area (Å²) < 4.78 is 0. The molecule has 0 radical (unpaired) electrons. The average Bonchev–Trinajstić information content (AvgIpc) is 2.53. The van der Waals surface area contributed by atoms with E-state index < -0.39 is 0 Å². The Hall–Kier alpha value is -1.10. The third kappa shape index (κ3) is 3.76. The zero-order valence-electron chi connectivity index (χ0n) is 12.8. The van der Waals surface area contributed by atoms with Crippen LogP contribution in [0.2, 0.25) is 0 Å². The minimum Gasteiger partial charge on any atom is -0.353 e. The van der Waals surface area contributed by atoms with Crippen molar-refractivity contribution < 1.29 is 9.59 Å². The summed E-state index contributed by atoms with van der Waals surface area (Å²) in [4.78, 5) is 25.8. The molecule has 3 fully saturated rings. The lowest BCUT2D eigenvalue weighted by atomic mass is 9.85. The first kappa shape index (κ1) is 14.8. The highest BCUT2D eigenvalue weighted by Gasteiger charge is 2.35. The van der Waals surface area contributed by atoms with E-state index in [-0.39, 0.29) is 5.91 Å².